The number of likely N-dealkylation sites (tertiary alicyclic amines) is 2. The van der Waals surface area contributed by atoms with E-state index in [0.29, 0.717) is 0 Å². The molecule has 2 atom stereocenters. The van der Waals surface area contributed by atoms with Gasteiger partial charge in [0.15, 0.2) is 5.96 Å². The molecular weight excluding hydrogens is 505 g/mol. The van der Waals surface area contributed by atoms with E-state index in [1.165, 1.54) is 58.3 Å². The Morgan fingerprint density at radius 3 is 2.39 bits per heavy atom. The number of hydrogen-bond donors (Lipinski definition) is 1. The van der Waals surface area contributed by atoms with Crippen LogP contribution in [-0.2, 0) is 9.47 Å². The summed E-state index contributed by atoms with van der Waals surface area (Å²) in [4.78, 5) is 12.9. The number of nitrogens with zero attached hydrogens (tertiary/aromatic N) is 4. The molecule has 4 aliphatic heterocycles. The number of rotatable bonds is 5. The van der Waals surface area contributed by atoms with Crippen molar-refractivity contribution < 1.29 is 9.47 Å². The van der Waals surface area contributed by atoms with Crippen molar-refractivity contribution in [1.29, 1.82) is 0 Å². The Kier molecular flexibility index (Phi) is 10.1. The lowest BCUT2D eigenvalue weighted by atomic mass is 9.84. The van der Waals surface area contributed by atoms with Gasteiger partial charge in [0.2, 0.25) is 0 Å². The summed E-state index contributed by atoms with van der Waals surface area (Å²) in [6, 6.07) is 0. The number of aliphatic imine (C=N–C) groups is 1. The fourth-order valence-corrected chi connectivity index (χ4v) is 5.61. The molecule has 0 aromatic rings. The first-order chi connectivity index (χ1) is 14.7. The van der Waals surface area contributed by atoms with Crippen molar-refractivity contribution in [2.24, 2.45) is 4.99 Å². The van der Waals surface area contributed by atoms with E-state index in [1.54, 1.807) is 0 Å². The van der Waals surface area contributed by atoms with Crippen molar-refractivity contribution in [3.05, 3.63) is 0 Å². The summed E-state index contributed by atoms with van der Waals surface area (Å²) in [6.07, 6.45) is 9.23. The second kappa shape index (κ2) is 12.3. The molecule has 4 saturated heterocycles. The average molecular weight is 550 g/mol. The molecular formula is C23H44IN5O2. The van der Waals surface area contributed by atoms with Crippen molar-refractivity contribution in [2.75, 3.05) is 72.6 Å². The van der Waals surface area contributed by atoms with Crippen LogP contribution in [0.15, 0.2) is 4.99 Å². The topological polar surface area (TPSA) is 52.6 Å². The summed E-state index contributed by atoms with van der Waals surface area (Å²) in [5.41, 5.74) is 0.230. The number of ether oxygens (including phenoxy) is 2. The summed E-state index contributed by atoms with van der Waals surface area (Å²) in [7, 11) is 2.26. The molecule has 0 saturated carbocycles. The number of piperidine rings is 2. The number of halogens is 1. The highest BCUT2D eigenvalue weighted by Gasteiger charge is 2.40. The van der Waals surface area contributed by atoms with Gasteiger partial charge in [0.05, 0.1) is 19.3 Å². The van der Waals surface area contributed by atoms with Crippen LogP contribution in [0.4, 0.5) is 0 Å². The van der Waals surface area contributed by atoms with Gasteiger partial charge in [-0.05, 0) is 78.7 Å². The smallest absolute Gasteiger partial charge is 0.194 e. The maximum Gasteiger partial charge on any atom is 0.194 e. The first-order valence-corrected chi connectivity index (χ1v) is 12.4. The Labute approximate surface area is 206 Å². The molecule has 0 aliphatic carbocycles. The van der Waals surface area contributed by atoms with E-state index in [9.17, 15) is 0 Å². The van der Waals surface area contributed by atoms with Gasteiger partial charge in [-0.3, -0.25) is 9.89 Å². The highest BCUT2D eigenvalue weighted by molar-refractivity contribution is 14.0. The SMILES string of the molecule is CCNC(=NCC1(N2CCCCC2)CCN(C)CC1)N1CCOC(C2CCCO2)C1.I. The van der Waals surface area contributed by atoms with Gasteiger partial charge in [0, 0.05) is 31.8 Å². The van der Waals surface area contributed by atoms with Crippen LogP contribution >= 0.6 is 24.0 Å². The van der Waals surface area contributed by atoms with Crippen LogP contribution < -0.4 is 5.32 Å². The number of nitrogens with one attached hydrogen (secondary N) is 1. The Balaban J connectivity index is 0.00000272. The van der Waals surface area contributed by atoms with Gasteiger partial charge in [-0.15, -0.1) is 24.0 Å². The molecule has 0 bridgehead atoms. The zero-order valence-electron chi connectivity index (χ0n) is 19.7. The molecule has 8 heteroatoms. The lowest BCUT2D eigenvalue weighted by Crippen LogP contribution is -2.59. The molecule has 4 rings (SSSR count). The predicted molar refractivity (Wildman–Crippen MR) is 137 cm³/mol. The first kappa shape index (κ1) is 25.5. The van der Waals surface area contributed by atoms with Gasteiger partial charge < -0.3 is 24.6 Å². The molecule has 31 heavy (non-hydrogen) atoms. The van der Waals surface area contributed by atoms with Gasteiger partial charge in [-0.2, -0.15) is 0 Å². The van der Waals surface area contributed by atoms with Crippen molar-refractivity contribution in [3.63, 3.8) is 0 Å². The maximum atomic E-state index is 6.08. The average Bonchev–Trinajstić information content (AvgIpc) is 3.34. The summed E-state index contributed by atoms with van der Waals surface area (Å²) >= 11 is 0. The third-order valence-electron chi connectivity index (χ3n) is 7.58. The zero-order valence-corrected chi connectivity index (χ0v) is 22.0. The van der Waals surface area contributed by atoms with Gasteiger partial charge in [-0.25, -0.2) is 0 Å². The predicted octanol–water partition coefficient (Wildman–Crippen LogP) is 2.40. The Morgan fingerprint density at radius 1 is 0.968 bits per heavy atom. The number of guanidine groups is 1. The lowest BCUT2D eigenvalue weighted by Gasteiger charge is -2.49. The minimum atomic E-state index is 0. The molecule has 4 heterocycles. The fraction of sp³-hybridized carbons (Fsp3) is 0.957. The monoisotopic (exact) mass is 549 g/mol. The highest BCUT2D eigenvalue weighted by atomic mass is 127. The Morgan fingerprint density at radius 2 is 1.71 bits per heavy atom. The maximum absolute atomic E-state index is 6.08. The van der Waals surface area contributed by atoms with Crippen LogP contribution in [0.2, 0.25) is 0 Å². The second-order valence-electron chi connectivity index (χ2n) is 9.65. The lowest BCUT2D eigenvalue weighted by molar-refractivity contribution is -0.0817. The minimum Gasteiger partial charge on any atom is -0.375 e. The largest absolute Gasteiger partial charge is 0.375 e. The highest BCUT2D eigenvalue weighted by Crippen LogP contribution is 2.32. The molecule has 1 N–H and O–H groups in total. The molecule has 2 unspecified atom stereocenters. The summed E-state index contributed by atoms with van der Waals surface area (Å²) < 4.78 is 12.0. The second-order valence-corrected chi connectivity index (χ2v) is 9.65. The molecule has 0 amide bonds. The van der Waals surface area contributed by atoms with Crippen LogP contribution in [0.3, 0.4) is 0 Å². The Bertz CT molecular complexity index is 558. The van der Waals surface area contributed by atoms with Gasteiger partial charge in [0.25, 0.3) is 0 Å². The van der Waals surface area contributed by atoms with Crippen LogP contribution in [0.1, 0.15) is 51.9 Å². The summed E-state index contributed by atoms with van der Waals surface area (Å²) in [6.45, 7) is 12.3. The molecule has 0 aromatic heterocycles. The number of hydrogen-bond acceptors (Lipinski definition) is 5. The first-order valence-electron chi connectivity index (χ1n) is 12.4. The minimum absolute atomic E-state index is 0. The van der Waals surface area contributed by atoms with E-state index in [-0.39, 0.29) is 41.7 Å². The molecule has 0 spiro atoms. The van der Waals surface area contributed by atoms with E-state index >= 15 is 0 Å². The molecule has 0 aromatic carbocycles. The molecule has 0 radical (unpaired) electrons. The third kappa shape index (κ3) is 6.46. The van der Waals surface area contributed by atoms with E-state index in [2.05, 4.69) is 34.0 Å². The standard InChI is InChI=1S/C23H43N5O2.HI/c1-3-24-22(27-15-17-30-21(18-27)20-8-7-16-29-20)25-19-23(9-13-26(2)14-10-23)28-11-5-4-6-12-28;/h20-21H,3-19H2,1-2H3,(H,24,25);1H. The van der Waals surface area contributed by atoms with E-state index < -0.39 is 0 Å². The van der Waals surface area contributed by atoms with Crippen LogP contribution in [0, 0.1) is 0 Å². The van der Waals surface area contributed by atoms with Crippen LogP contribution in [0.5, 0.6) is 0 Å². The third-order valence-corrected chi connectivity index (χ3v) is 7.58. The van der Waals surface area contributed by atoms with E-state index in [0.717, 1.165) is 58.2 Å². The summed E-state index contributed by atoms with van der Waals surface area (Å²) in [5.74, 6) is 1.07. The fourth-order valence-electron chi connectivity index (χ4n) is 5.61. The molecule has 4 aliphatic rings. The quantitative estimate of drug-likeness (QED) is 0.323. The van der Waals surface area contributed by atoms with Gasteiger partial charge in [-0.1, -0.05) is 6.42 Å². The van der Waals surface area contributed by atoms with E-state index in [4.69, 9.17) is 14.5 Å². The van der Waals surface area contributed by atoms with Gasteiger partial charge in [0.1, 0.15) is 6.10 Å². The van der Waals surface area contributed by atoms with Gasteiger partial charge >= 0.3 is 0 Å². The molecule has 4 fully saturated rings. The van der Waals surface area contributed by atoms with Crippen LogP contribution in [0.25, 0.3) is 0 Å². The van der Waals surface area contributed by atoms with Crippen LogP contribution in [-0.4, -0.2) is 111 Å². The van der Waals surface area contributed by atoms with Crippen molar-refractivity contribution >= 4 is 29.9 Å². The van der Waals surface area contributed by atoms with Crippen molar-refractivity contribution in [1.82, 2.24) is 20.0 Å². The van der Waals surface area contributed by atoms with Crippen molar-refractivity contribution in [2.45, 2.75) is 69.6 Å². The zero-order chi connectivity index (χ0) is 20.8. The normalized spacial score (nSPS) is 30.8. The van der Waals surface area contributed by atoms with Crippen molar-refractivity contribution in [3.8, 4) is 0 Å². The Hall–Kier alpha value is -0.160. The summed E-state index contributed by atoms with van der Waals surface area (Å²) in [5, 5.41) is 3.58. The number of morpholine rings is 1. The molecule has 180 valence electrons. The molecule has 7 nitrogen and oxygen atoms in total. The van der Waals surface area contributed by atoms with E-state index in [1.807, 2.05) is 0 Å².